The molecule has 0 radical (unpaired) electrons. The lowest BCUT2D eigenvalue weighted by atomic mass is 9.89. The van der Waals surface area contributed by atoms with E-state index in [1.807, 2.05) is 25.2 Å². The Hall–Kier alpha value is -3.02. The second-order valence-electron chi connectivity index (χ2n) is 10.2. The van der Waals surface area contributed by atoms with E-state index in [0.717, 1.165) is 65.8 Å². The number of carbonyl (C=O) groups is 2. The van der Waals surface area contributed by atoms with Crippen molar-refractivity contribution in [3.63, 3.8) is 0 Å². The molecule has 1 fully saturated rings. The quantitative estimate of drug-likeness (QED) is 0.204. The summed E-state index contributed by atoms with van der Waals surface area (Å²) >= 11 is 7.43. The molecule has 0 unspecified atom stereocenters. The lowest BCUT2D eigenvalue weighted by Crippen LogP contribution is -2.44. The fourth-order valence-electron chi connectivity index (χ4n) is 5.54. The van der Waals surface area contributed by atoms with Gasteiger partial charge in [-0.05, 0) is 80.3 Å². The predicted octanol–water partition coefficient (Wildman–Crippen LogP) is 7.28. The van der Waals surface area contributed by atoms with E-state index in [1.54, 1.807) is 37.4 Å². The molecule has 2 aromatic carbocycles. The van der Waals surface area contributed by atoms with Crippen LogP contribution in [0, 0.1) is 11.6 Å². The molecule has 0 bridgehead atoms. The summed E-state index contributed by atoms with van der Waals surface area (Å²) in [5.74, 6) is -1.39. The topological polar surface area (TPSA) is 83.6 Å². The van der Waals surface area contributed by atoms with Gasteiger partial charge in [0.25, 0.3) is 11.8 Å². The van der Waals surface area contributed by atoms with Crippen LogP contribution in [0.15, 0.2) is 48.7 Å². The normalized spacial score (nSPS) is 16.0. The van der Waals surface area contributed by atoms with Crippen LogP contribution in [0.2, 0.25) is 5.02 Å². The number of rotatable bonds is 8. The van der Waals surface area contributed by atoms with Crippen molar-refractivity contribution in [2.45, 2.75) is 44.3 Å². The van der Waals surface area contributed by atoms with E-state index < -0.39 is 11.6 Å². The Labute approximate surface area is 276 Å². The molecule has 0 aliphatic heterocycles. The van der Waals surface area contributed by atoms with Crippen molar-refractivity contribution in [2.24, 2.45) is 0 Å². The van der Waals surface area contributed by atoms with E-state index in [2.05, 4.69) is 15.6 Å². The molecule has 2 amide bonds. The molecule has 5 rings (SSSR count). The zero-order valence-electron chi connectivity index (χ0n) is 24.3. The van der Waals surface area contributed by atoms with Crippen LogP contribution >= 0.6 is 47.8 Å². The number of methoxy groups -OCH3 is 1. The summed E-state index contributed by atoms with van der Waals surface area (Å²) in [6, 6.07) is 11.4. The Kier molecular flexibility index (Phi) is 12.3. The van der Waals surface area contributed by atoms with E-state index in [4.69, 9.17) is 16.3 Å². The maximum Gasteiger partial charge on any atom is 0.269 e. The molecule has 1 aliphatic rings. The zero-order chi connectivity index (χ0) is 30.0. The van der Waals surface area contributed by atoms with Crippen molar-refractivity contribution in [2.75, 3.05) is 21.2 Å². The molecule has 0 saturated heterocycles. The lowest BCUT2D eigenvalue weighted by molar-refractivity contribution is 0.0604. The third-order valence-corrected chi connectivity index (χ3v) is 9.53. The fraction of sp³-hybridized carbons (Fsp3) is 0.323. The first-order valence-corrected chi connectivity index (χ1v) is 14.8. The largest absolute Gasteiger partial charge is 0.496 e. The van der Waals surface area contributed by atoms with Gasteiger partial charge in [0, 0.05) is 37.4 Å². The fourth-order valence-corrected chi connectivity index (χ4v) is 7.04. The third kappa shape index (κ3) is 7.10. The number of fused-ring (bicyclic) bond motifs is 1. The van der Waals surface area contributed by atoms with Crippen molar-refractivity contribution >= 4 is 69.7 Å². The van der Waals surface area contributed by atoms with E-state index >= 15 is 0 Å². The molecule has 7 nitrogen and oxygen atoms in total. The number of amides is 2. The molecule has 1 saturated carbocycles. The minimum atomic E-state index is -0.671. The van der Waals surface area contributed by atoms with Crippen molar-refractivity contribution in [3.8, 4) is 16.9 Å². The van der Waals surface area contributed by atoms with Gasteiger partial charge in [0.05, 0.1) is 22.2 Å². The number of aromatic nitrogens is 1. The molecule has 2 N–H and O–H groups in total. The zero-order valence-corrected chi connectivity index (χ0v) is 27.5. The first-order valence-electron chi connectivity index (χ1n) is 13.6. The molecule has 2 heterocycles. The van der Waals surface area contributed by atoms with E-state index in [1.165, 1.54) is 0 Å². The molecule has 1 aliphatic carbocycles. The van der Waals surface area contributed by atoms with Gasteiger partial charge in [0.1, 0.15) is 28.0 Å². The Balaban J connectivity index is 0.00000264. The number of nitrogens with one attached hydrogen (secondary N) is 2. The summed E-state index contributed by atoms with van der Waals surface area (Å²) in [7, 11) is 5.04. The van der Waals surface area contributed by atoms with Gasteiger partial charge in [-0.3, -0.25) is 14.6 Å². The second kappa shape index (κ2) is 15.3. The highest BCUT2D eigenvalue weighted by atomic mass is 35.5. The van der Waals surface area contributed by atoms with Gasteiger partial charge in [0.15, 0.2) is 0 Å². The Morgan fingerprint density at radius 3 is 2.34 bits per heavy atom. The smallest absolute Gasteiger partial charge is 0.269 e. The van der Waals surface area contributed by atoms with Crippen molar-refractivity contribution in [3.05, 3.63) is 81.5 Å². The summed E-state index contributed by atoms with van der Waals surface area (Å²) in [6.45, 7) is 0.188. The number of ether oxygens (including phenoxy) is 1. The van der Waals surface area contributed by atoms with Gasteiger partial charge >= 0.3 is 0 Å². The molecule has 0 spiro atoms. The Morgan fingerprint density at radius 1 is 1.02 bits per heavy atom. The average molecular weight is 686 g/mol. The van der Waals surface area contributed by atoms with Crippen LogP contribution in [0.5, 0.6) is 5.75 Å². The monoisotopic (exact) mass is 684 g/mol. The van der Waals surface area contributed by atoms with Gasteiger partial charge in [-0.1, -0.05) is 17.7 Å². The Morgan fingerprint density at radius 2 is 1.70 bits per heavy atom. The standard InChI is InChI=1S/C31H31ClF2N4O3S.2ClH/c1-35-20-5-7-21(8-6-20)38(31(40)29-27(32)26-22(33)9-10-23(34)28(26)42-29)16-19-14-17(4-11-25(19)41-3)18-12-13-37-24(15-18)30(39)36-2;;/h4,9-15,20-21,35H,5-8,16H2,1-3H3,(H,36,39);2*1H. The first-order chi connectivity index (χ1) is 20.2. The number of hydrogen-bond donors (Lipinski definition) is 2. The van der Waals surface area contributed by atoms with Crippen LogP contribution in [-0.2, 0) is 6.54 Å². The van der Waals surface area contributed by atoms with Gasteiger partial charge < -0.3 is 20.3 Å². The molecule has 44 heavy (non-hydrogen) atoms. The summed E-state index contributed by atoms with van der Waals surface area (Å²) < 4.78 is 35.0. The average Bonchev–Trinajstić information content (AvgIpc) is 3.39. The van der Waals surface area contributed by atoms with Gasteiger partial charge in [-0.15, -0.1) is 36.2 Å². The SMILES string of the molecule is CNC(=O)c1cc(-c2ccc(OC)c(CN(C(=O)c3sc4c(F)ccc(F)c4c3Cl)C3CCC(NC)CC3)c2)ccn1.Cl.Cl. The highest BCUT2D eigenvalue weighted by molar-refractivity contribution is 7.21. The number of halogens is 5. The number of thiophene rings is 1. The maximum absolute atomic E-state index is 14.7. The van der Waals surface area contributed by atoms with E-state index in [0.29, 0.717) is 11.8 Å². The molecular weight excluding hydrogens is 653 g/mol. The number of hydrogen-bond acceptors (Lipinski definition) is 6. The number of nitrogens with zero attached hydrogens (tertiary/aromatic N) is 2. The van der Waals surface area contributed by atoms with Gasteiger partial charge in [-0.2, -0.15) is 0 Å². The van der Waals surface area contributed by atoms with Gasteiger partial charge in [0.2, 0.25) is 0 Å². The second-order valence-corrected chi connectivity index (χ2v) is 11.6. The van der Waals surface area contributed by atoms with Crippen LogP contribution in [0.4, 0.5) is 8.78 Å². The highest BCUT2D eigenvalue weighted by Crippen LogP contribution is 2.40. The minimum Gasteiger partial charge on any atom is -0.496 e. The third-order valence-electron chi connectivity index (χ3n) is 7.86. The minimum absolute atomic E-state index is 0. The summed E-state index contributed by atoms with van der Waals surface area (Å²) in [5, 5.41) is 5.74. The molecule has 13 heteroatoms. The molecule has 0 atom stereocenters. The number of carbonyl (C=O) groups excluding carboxylic acids is 2. The van der Waals surface area contributed by atoms with Crippen molar-refractivity contribution in [1.82, 2.24) is 20.5 Å². The summed E-state index contributed by atoms with van der Waals surface area (Å²) in [5.41, 5.74) is 2.61. The maximum atomic E-state index is 14.7. The van der Waals surface area contributed by atoms with Crippen LogP contribution in [0.3, 0.4) is 0 Å². The highest BCUT2D eigenvalue weighted by Gasteiger charge is 2.33. The lowest BCUT2D eigenvalue weighted by Gasteiger charge is -2.37. The molecule has 2 aromatic heterocycles. The molecule has 236 valence electrons. The molecular formula is C31H33Cl3F2N4O3S. The van der Waals surface area contributed by atoms with Crippen molar-refractivity contribution < 1.29 is 23.1 Å². The van der Waals surface area contributed by atoms with Crippen molar-refractivity contribution in [1.29, 1.82) is 0 Å². The van der Waals surface area contributed by atoms with Crippen LogP contribution in [0.1, 0.15) is 51.4 Å². The van der Waals surface area contributed by atoms with Crippen LogP contribution in [-0.4, -0.2) is 55.0 Å². The summed E-state index contributed by atoms with van der Waals surface area (Å²) in [4.78, 5) is 32.4. The summed E-state index contributed by atoms with van der Waals surface area (Å²) in [6.07, 6.45) is 4.84. The molecule has 4 aromatic rings. The number of benzene rings is 2. The van der Waals surface area contributed by atoms with Crippen LogP contribution in [0.25, 0.3) is 21.2 Å². The number of pyridine rings is 1. The van der Waals surface area contributed by atoms with Gasteiger partial charge in [-0.25, -0.2) is 8.78 Å². The van der Waals surface area contributed by atoms with Crippen LogP contribution < -0.4 is 15.4 Å². The van der Waals surface area contributed by atoms with E-state index in [9.17, 15) is 18.4 Å². The van der Waals surface area contributed by atoms with E-state index in [-0.39, 0.29) is 74.9 Å². The Bertz CT molecular complexity index is 1650. The predicted molar refractivity (Wildman–Crippen MR) is 176 cm³/mol. The first kappa shape index (κ1) is 35.5.